The van der Waals surface area contributed by atoms with Crippen molar-refractivity contribution >= 4 is 16.8 Å². The van der Waals surface area contributed by atoms with Gasteiger partial charge in [0.2, 0.25) is 5.91 Å². The second kappa shape index (κ2) is 6.42. The summed E-state index contributed by atoms with van der Waals surface area (Å²) in [7, 11) is 0. The van der Waals surface area contributed by atoms with E-state index in [2.05, 4.69) is 9.88 Å². The minimum absolute atomic E-state index is 0.116. The van der Waals surface area contributed by atoms with Gasteiger partial charge in [-0.15, -0.1) is 0 Å². The molecule has 126 valence electrons. The first-order valence-electron chi connectivity index (χ1n) is 9.13. The van der Waals surface area contributed by atoms with Gasteiger partial charge in [-0.05, 0) is 49.1 Å². The average molecular weight is 324 g/mol. The molecule has 2 aromatic rings. The predicted octanol–water partition coefficient (Wildman–Crippen LogP) is 3.25. The molecule has 1 amide bonds. The SMILES string of the molecule is O=C(Cc1cc2ccccc2[nH]c1=O)N1CCCC1C1CCCC1. The quantitative estimate of drug-likeness (QED) is 0.942. The third-order valence-corrected chi connectivity index (χ3v) is 5.74. The van der Waals surface area contributed by atoms with E-state index < -0.39 is 0 Å². The molecule has 0 radical (unpaired) electrons. The van der Waals surface area contributed by atoms with Crippen LogP contribution in [0.2, 0.25) is 0 Å². The fourth-order valence-electron chi connectivity index (χ4n) is 4.52. The van der Waals surface area contributed by atoms with Crippen LogP contribution in [0.3, 0.4) is 0 Å². The fourth-order valence-corrected chi connectivity index (χ4v) is 4.52. The smallest absolute Gasteiger partial charge is 0.252 e. The number of nitrogens with zero attached hydrogens (tertiary/aromatic N) is 1. The standard InChI is InChI=1S/C20H24N2O2/c23-19(22-11-5-10-18(22)14-6-1-2-7-14)13-16-12-15-8-3-4-9-17(15)21-20(16)24/h3-4,8-9,12,14,18H,1-2,5-7,10-11,13H2,(H,21,24). The van der Waals surface area contributed by atoms with Crippen molar-refractivity contribution in [3.05, 3.63) is 46.2 Å². The Morgan fingerprint density at radius 1 is 1.12 bits per heavy atom. The Hall–Kier alpha value is -2.10. The number of likely N-dealkylation sites (tertiary alicyclic amines) is 1. The van der Waals surface area contributed by atoms with E-state index in [1.54, 1.807) is 0 Å². The van der Waals surface area contributed by atoms with Crippen LogP contribution in [0.5, 0.6) is 0 Å². The molecule has 1 atom stereocenters. The average Bonchev–Trinajstić information content (AvgIpc) is 3.26. The molecule has 0 bridgehead atoms. The van der Waals surface area contributed by atoms with Crippen LogP contribution in [0.25, 0.3) is 10.9 Å². The summed E-state index contributed by atoms with van der Waals surface area (Å²) in [6, 6.07) is 9.98. The molecule has 1 saturated carbocycles. The molecule has 1 saturated heterocycles. The Morgan fingerprint density at radius 2 is 1.92 bits per heavy atom. The van der Waals surface area contributed by atoms with E-state index in [0.717, 1.165) is 30.3 Å². The van der Waals surface area contributed by atoms with Crippen molar-refractivity contribution < 1.29 is 4.79 Å². The molecule has 4 nitrogen and oxygen atoms in total. The molecule has 2 heterocycles. The number of hydrogen-bond donors (Lipinski definition) is 1. The lowest BCUT2D eigenvalue weighted by Crippen LogP contribution is -2.40. The van der Waals surface area contributed by atoms with E-state index in [0.29, 0.717) is 17.5 Å². The zero-order valence-electron chi connectivity index (χ0n) is 14.0. The van der Waals surface area contributed by atoms with Crippen molar-refractivity contribution in [2.45, 2.75) is 51.0 Å². The van der Waals surface area contributed by atoms with Crippen molar-refractivity contribution in [1.29, 1.82) is 0 Å². The van der Waals surface area contributed by atoms with Crippen molar-refractivity contribution in [2.24, 2.45) is 5.92 Å². The zero-order chi connectivity index (χ0) is 16.5. The first kappa shape index (κ1) is 15.4. The topological polar surface area (TPSA) is 53.2 Å². The Labute approximate surface area is 141 Å². The number of H-pyrrole nitrogens is 1. The number of carbonyl (C=O) groups is 1. The van der Waals surface area contributed by atoms with Gasteiger partial charge in [0.05, 0.1) is 6.42 Å². The summed E-state index contributed by atoms with van der Waals surface area (Å²) in [5, 5.41) is 0.980. The number of fused-ring (bicyclic) bond motifs is 1. The highest BCUT2D eigenvalue weighted by molar-refractivity contribution is 5.83. The van der Waals surface area contributed by atoms with Gasteiger partial charge < -0.3 is 9.88 Å². The van der Waals surface area contributed by atoms with Crippen molar-refractivity contribution in [3.8, 4) is 0 Å². The lowest BCUT2D eigenvalue weighted by molar-refractivity contribution is -0.132. The number of pyridine rings is 1. The molecule has 2 aliphatic rings. The maximum absolute atomic E-state index is 12.8. The Kier molecular flexibility index (Phi) is 4.13. The van der Waals surface area contributed by atoms with Crippen molar-refractivity contribution in [3.63, 3.8) is 0 Å². The Balaban J connectivity index is 1.55. The molecular formula is C20H24N2O2. The number of aromatic amines is 1. The van der Waals surface area contributed by atoms with Crippen LogP contribution >= 0.6 is 0 Å². The number of nitrogens with one attached hydrogen (secondary N) is 1. The van der Waals surface area contributed by atoms with Gasteiger partial charge in [-0.25, -0.2) is 0 Å². The summed E-state index contributed by atoms with van der Waals surface area (Å²) < 4.78 is 0. The number of hydrogen-bond acceptors (Lipinski definition) is 2. The number of amides is 1. The lowest BCUT2D eigenvalue weighted by Gasteiger charge is -2.29. The van der Waals surface area contributed by atoms with E-state index >= 15 is 0 Å². The van der Waals surface area contributed by atoms with Crippen LogP contribution in [-0.2, 0) is 11.2 Å². The van der Waals surface area contributed by atoms with Crippen LogP contribution in [-0.4, -0.2) is 28.4 Å². The maximum atomic E-state index is 12.8. The molecule has 24 heavy (non-hydrogen) atoms. The first-order chi connectivity index (χ1) is 11.7. The molecule has 1 aromatic carbocycles. The molecule has 1 unspecified atom stereocenters. The summed E-state index contributed by atoms with van der Waals surface area (Å²) in [5.74, 6) is 0.788. The molecule has 1 aliphatic carbocycles. The lowest BCUT2D eigenvalue weighted by atomic mass is 9.95. The number of para-hydroxylation sites is 1. The Morgan fingerprint density at radius 3 is 2.75 bits per heavy atom. The summed E-state index contributed by atoms with van der Waals surface area (Å²) in [6.45, 7) is 0.853. The van der Waals surface area contributed by atoms with Gasteiger partial charge in [0.25, 0.3) is 5.56 Å². The highest BCUT2D eigenvalue weighted by Crippen LogP contribution is 2.35. The van der Waals surface area contributed by atoms with Crippen LogP contribution in [0, 0.1) is 5.92 Å². The number of rotatable bonds is 3. The van der Waals surface area contributed by atoms with Gasteiger partial charge in [-0.2, -0.15) is 0 Å². The number of carbonyl (C=O) groups excluding carboxylic acids is 1. The Bertz CT molecular complexity index is 805. The summed E-state index contributed by atoms with van der Waals surface area (Å²) >= 11 is 0. The molecule has 1 aliphatic heterocycles. The van der Waals surface area contributed by atoms with Crippen LogP contribution in [0.4, 0.5) is 0 Å². The molecule has 1 N–H and O–H groups in total. The van der Waals surface area contributed by atoms with Gasteiger partial charge in [0, 0.05) is 23.7 Å². The largest absolute Gasteiger partial charge is 0.339 e. The minimum Gasteiger partial charge on any atom is -0.339 e. The highest BCUT2D eigenvalue weighted by atomic mass is 16.2. The second-order valence-corrected chi connectivity index (χ2v) is 7.23. The third kappa shape index (κ3) is 2.85. The first-order valence-corrected chi connectivity index (χ1v) is 9.13. The van der Waals surface area contributed by atoms with Gasteiger partial charge in [-0.3, -0.25) is 9.59 Å². The van der Waals surface area contributed by atoms with E-state index in [1.807, 2.05) is 30.3 Å². The molecule has 0 spiro atoms. The van der Waals surface area contributed by atoms with Crippen molar-refractivity contribution in [2.75, 3.05) is 6.54 Å². The van der Waals surface area contributed by atoms with Gasteiger partial charge in [0.1, 0.15) is 0 Å². The van der Waals surface area contributed by atoms with Gasteiger partial charge in [0.15, 0.2) is 0 Å². The second-order valence-electron chi connectivity index (χ2n) is 7.23. The number of benzene rings is 1. The highest BCUT2D eigenvalue weighted by Gasteiger charge is 2.35. The summed E-state index contributed by atoms with van der Waals surface area (Å²) in [5.41, 5.74) is 1.26. The van der Waals surface area contributed by atoms with Crippen LogP contribution in [0.1, 0.15) is 44.1 Å². The third-order valence-electron chi connectivity index (χ3n) is 5.74. The minimum atomic E-state index is -0.140. The van der Waals surface area contributed by atoms with E-state index in [-0.39, 0.29) is 17.9 Å². The molecule has 4 heteroatoms. The number of aromatic nitrogens is 1. The maximum Gasteiger partial charge on any atom is 0.252 e. The fraction of sp³-hybridized carbons (Fsp3) is 0.500. The summed E-state index contributed by atoms with van der Waals surface area (Å²) in [4.78, 5) is 30.1. The normalized spacial score (nSPS) is 21.7. The van der Waals surface area contributed by atoms with Crippen LogP contribution in [0.15, 0.2) is 35.1 Å². The molecule has 1 aromatic heterocycles. The zero-order valence-corrected chi connectivity index (χ0v) is 14.0. The van der Waals surface area contributed by atoms with E-state index in [1.165, 1.54) is 25.7 Å². The summed E-state index contributed by atoms with van der Waals surface area (Å²) in [6.07, 6.45) is 7.55. The van der Waals surface area contributed by atoms with Crippen LogP contribution < -0.4 is 5.56 Å². The predicted molar refractivity (Wildman–Crippen MR) is 95.0 cm³/mol. The van der Waals surface area contributed by atoms with Crippen molar-refractivity contribution in [1.82, 2.24) is 9.88 Å². The van der Waals surface area contributed by atoms with Gasteiger partial charge >= 0.3 is 0 Å². The molecular weight excluding hydrogens is 300 g/mol. The van der Waals surface area contributed by atoms with E-state index in [9.17, 15) is 9.59 Å². The molecule has 2 fully saturated rings. The van der Waals surface area contributed by atoms with Gasteiger partial charge in [-0.1, -0.05) is 31.0 Å². The van der Waals surface area contributed by atoms with E-state index in [4.69, 9.17) is 0 Å². The monoisotopic (exact) mass is 324 g/mol. The molecule has 4 rings (SSSR count).